The fourth-order valence-electron chi connectivity index (χ4n) is 9.39. The minimum absolute atomic E-state index is 0.0608. The molecule has 3 N–H and O–H groups in total. The van der Waals surface area contributed by atoms with Gasteiger partial charge in [-0.2, -0.15) is 0 Å². The Morgan fingerprint density at radius 1 is 0.294 bits per heavy atom. The van der Waals surface area contributed by atoms with E-state index in [9.17, 15) is 43.2 Å². The lowest BCUT2D eigenvalue weighted by molar-refractivity contribution is -0.161. The fraction of sp³-hybridized carbons (Fsp3) is 0.614. The number of hydrogen-bond acceptors (Lipinski definition) is 15. The van der Waals surface area contributed by atoms with E-state index in [1.165, 1.54) is 19.3 Å². The molecular formula is C83H134O17P2. The summed E-state index contributed by atoms with van der Waals surface area (Å²) in [6.45, 7) is 4.33. The second-order valence-electron chi connectivity index (χ2n) is 24.8. The number of carbonyl (C=O) groups is 4. The highest BCUT2D eigenvalue weighted by atomic mass is 31.2. The Hall–Kier alpha value is -5.58. The van der Waals surface area contributed by atoms with Gasteiger partial charge in [0, 0.05) is 19.3 Å². The molecule has 0 bridgehead atoms. The number of hydrogen-bond donors (Lipinski definition) is 3. The van der Waals surface area contributed by atoms with Gasteiger partial charge >= 0.3 is 39.5 Å². The lowest BCUT2D eigenvalue weighted by Gasteiger charge is -2.21. The summed E-state index contributed by atoms with van der Waals surface area (Å²) in [5.74, 6) is -2.42. The van der Waals surface area contributed by atoms with Crippen molar-refractivity contribution in [1.82, 2.24) is 0 Å². The molecule has 0 aromatic carbocycles. The predicted octanol–water partition coefficient (Wildman–Crippen LogP) is 22.2. The Labute approximate surface area is 616 Å². The normalized spacial score (nSPS) is 14.9. The Bertz CT molecular complexity index is 2600. The van der Waals surface area contributed by atoms with Gasteiger partial charge in [-0.15, -0.1) is 0 Å². The summed E-state index contributed by atoms with van der Waals surface area (Å²) in [5, 5.41) is 10.6. The third kappa shape index (κ3) is 72.8. The number of esters is 4. The molecule has 0 aromatic heterocycles. The molecule has 0 saturated carbocycles. The molecule has 5 unspecified atom stereocenters. The fourth-order valence-corrected chi connectivity index (χ4v) is 11.0. The number of unbranched alkanes of at least 4 members (excludes halogenated alkanes) is 17. The molecule has 0 saturated heterocycles. The molecule has 0 radical (unpaired) electrons. The first-order valence-electron chi connectivity index (χ1n) is 38.4. The van der Waals surface area contributed by atoms with Gasteiger partial charge in [0.25, 0.3) is 0 Å². The van der Waals surface area contributed by atoms with Gasteiger partial charge in [0.05, 0.1) is 32.8 Å². The Morgan fingerprint density at radius 2 is 0.569 bits per heavy atom. The van der Waals surface area contributed by atoms with Crippen molar-refractivity contribution >= 4 is 39.5 Å². The average Bonchev–Trinajstić information content (AvgIpc) is 0.907. The van der Waals surface area contributed by atoms with Crippen LogP contribution in [0.4, 0.5) is 0 Å². The SMILES string of the molecule is CC/C=C\C/C=C\C/C=C\C/C=C\C/C=C\CC(=O)OC(COC(=O)CCCCCCCC/C=C\C/C=C\C/C=C\CCCCC)COP(=O)(O)OCC(O)COP(=O)(O)OCC(COC(=O)CCCC/C=C\C/C=C\C/C=C\C/C=C\CC)OC(=O)CCCCCCC/C=C\C/C=C\CCC. The maximum absolute atomic E-state index is 13.1. The van der Waals surface area contributed by atoms with Crippen molar-refractivity contribution in [2.24, 2.45) is 0 Å². The standard InChI is InChI=1S/C83H134O17P2/c1-5-9-13-17-21-25-29-33-36-37-38-39-42-45-48-52-56-60-64-68-81(86)94-74-79(100-83(88)70-66-62-58-54-50-46-41-35-31-27-23-19-15-11-7-3)76-98-102(91,92)96-72-77(84)71-95-101(89,90)97-75-78(99-82(87)69-65-61-57-53-49-43-32-28-24-20-16-12-8-4)73-93-80(85)67-63-59-55-51-47-44-40-34-30-26-22-18-14-10-6-2/h10-11,14-16,20-23,25-28,32-36,38-41,47,50-51,54,62,66,77-79,84H,5-9,12-13,17-19,24,29-31,37,42-46,48-49,52-53,55-61,63-65,67-76H2,1-4H3,(H,89,90)(H,91,92)/b14-10-,15-11-,20-16-,25-21-,26-22-,27-23-,32-28-,36-33-,39-38-,40-34-,41-35-,51-47-,54-50-,66-62-. The zero-order chi connectivity index (χ0) is 74.6. The number of ether oxygens (including phenoxy) is 4. The van der Waals surface area contributed by atoms with E-state index < -0.39 is 97.5 Å². The molecule has 0 aliphatic carbocycles. The second kappa shape index (κ2) is 73.7. The molecule has 19 heteroatoms. The maximum Gasteiger partial charge on any atom is 0.472 e. The van der Waals surface area contributed by atoms with Crippen molar-refractivity contribution in [2.75, 3.05) is 39.6 Å². The van der Waals surface area contributed by atoms with E-state index in [4.69, 9.17) is 37.0 Å². The van der Waals surface area contributed by atoms with Gasteiger partial charge < -0.3 is 33.8 Å². The van der Waals surface area contributed by atoms with Crippen LogP contribution in [0.15, 0.2) is 170 Å². The first kappa shape index (κ1) is 96.4. The highest BCUT2D eigenvalue weighted by Crippen LogP contribution is 2.45. The lowest BCUT2D eigenvalue weighted by Crippen LogP contribution is -2.30. The number of rotatable bonds is 70. The van der Waals surface area contributed by atoms with Gasteiger partial charge in [-0.1, -0.05) is 262 Å². The molecule has 578 valence electrons. The number of carbonyl (C=O) groups excluding carboxylic acids is 4. The first-order chi connectivity index (χ1) is 49.7. The van der Waals surface area contributed by atoms with Crippen LogP contribution >= 0.6 is 15.6 Å². The third-order valence-electron chi connectivity index (χ3n) is 15.2. The summed E-state index contributed by atoms with van der Waals surface area (Å²) in [6.07, 6.45) is 86.7. The maximum atomic E-state index is 13.1. The molecule has 0 aliphatic rings. The van der Waals surface area contributed by atoms with Gasteiger partial charge in [0.15, 0.2) is 12.2 Å². The summed E-state index contributed by atoms with van der Waals surface area (Å²) >= 11 is 0. The van der Waals surface area contributed by atoms with Crippen molar-refractivity contribution in [3.05, 3.63) is 170 Å². The van der Waals surface area contributed by atoms with Gasteiger partial charge in [0.1, 0.15) is 19.3 Å². The van der Waals surface area contributed by atoms with Crippen LogP contribution < -0.4 is 0 Å². The molecule has 0 fully saturated rings. The zero-order valence-corrected chi connectivity index (χ0v) is 64.8. The molecule has 0 aromatic rings. The van der Waals surface area contributed by atoms with Crippen molar-refractivity contribution in [1.29, 1.82) is 0 Å². The summed E-state index contributed by atoms with van der Waals surface area (Å²) in [7, 11) is -10.0. The van der Waals surface area contributed by atoms with Crippen LogP contribution in [0.3, 0.4) is 0 Å². The molecular weight excluding hydrogens is 1330 g/mol. The van der Waals surface area contributed by atoms with Gasteiger partial charge in [-0.05, 0) is 154 Å². The molecule has 17 nitrogen and oxygen atoms in total. The second-order valence-corrected chi connectivity index (χ2v) is 27.7. The van der Waals surface area contributed by atoms with E-state index in [-0.39, 0.29) is 25.7 Å². The average molecular weight is 1470 g/mol. The summed E-state index contributed by atoms with van der Waals surface area (Å²) in [5.41, 5.74) is 0. The van der Waals surface area contributed by atoms with Gasteiger partial charge in [-0.25, -0.2) is 9.13 Å². The highest BCUT2D eigenvalue weighted by Gasteiger charge is 2.30. The highest BCUT2D eigenvalue weighted by molar-refractivity contribution is 7.47. The van der Waals surface area contributed by atoms with Crippen molar-refractivity contribution < 1.29 is 80.2 Å². The number of allylic oxidation sites excluding steroid dienone is 27. The van der Waals surface area contributed by atoms with Crippen LogP contribution in [-0.4, -0.2) is 96.7 Å². The van der Waals surface area contributed by atoms with Crippen LogP contribution in [0.5, 0.6) is 0 Å². The topological polar surface area (TPSA) is 237 Å². The van der Waals surface area contributed by atoms with E-state index >= 15 is 0 Å². The Morgan fingerprint density at radius 3 is 0.931 bits per heavy atom. The molecule has 5 atom stereocenters. The van der Waals surface area contributed by atoms with E-state index in [0.29, 0.717) is 25.7 Å². The zero-order valence-electron chi connectivity index (χ0n) is 63.0. The molecule has 0 amide bonds. The molecule has 0 aliphatic heterocycles. The van der Waals surface area contributed by atoms with E-state index in [0.717, 1.165) is 173 Å². The monoisotopic (exact) mass is 1460 g/mol. The minimum Gasteiger partial charge on any atom is -0.462 e. The van der Waals surface area contributed by atoms with Crippen LogP contribution in [0, 0.1) is 0 Å². The van der Waals surface area contributed by atoms with Crippen molar-refractivity contribution in [2.45, 2.75) is 290 Å². The lowest BCUT2D eigenvalue weighted by atomic mass is 10.1. The van der Waals surface area contributed by atoms with Crippen LogP contribution in [-0.2, 0) is 65.4 Å². The number of aliphatic hydroxyl groups excluding tert-OH is 1. The third-order valence-corrected chi connectivity index (χ3v) is 17.1. The van der Waals surface area contributed by atoms with Crippen LogP contribution in [0.25, 0.3) is 0 Å². The van der Waals surface area contributed by atoms with Crippen LogP contribution in [0.2, 0.25) is 0 Å². The summed E-state index contributed by atoms with van der Waals surface area (Å²) in [4.78, 5) is 72.8. The Balaban J connectivity index is 5.48. The largest absolute Gasteiger partial charge is 0.472 e. The van der Waals surface area contributed by atoms with E-state index in [1.807, 2.05) is 12.2 Å². The van der Waals surface area contributed by atoms with Crippen LogP contribution in [0.1, 0.15) is 272 Å². The van der Waals surface area contributed by atoms with E-state index in [1.54, 1.807) is 12.2 Å². The summed E-state index contributed by atoms with van der Waals surface area (Å²) < 4.78 is 68.3. The van der Waals surface area contributed by atoms with Crippen molar-refractivity contribution in [3.63, 3.8) is 0 Å². The molecule has 0 spiro atoms. The number of aliphatic hydroxyl groups is 1. The quantitative estimate of drug-likeness (QED) is 0.0169. The van der Waals surface area contributed by atoms with Gasteiger partial charge in [-0.3, -0.25) is 37.3 Å². The first-order valence-corrected chi connectivity index (χ1v) is 41.4. The smallest absolute Gasteiger partial charge is 0.462 e. The van der Waals surface area contributed by atoms with E-state index in [2.05, 4.69) is 174 Å². The van der Waals surface area contributed by atoms with Crippen molar-refractivity contribution in [3.8, 4) is 0 Å². The summed E-state index contributed by atoms with van der Waals surface area (Å²) in [6, 6.07) is 0. The number of phosphoric acid groups is 2. The minimum atomic E-state index is -5.01. The Kier molecular flexibility index (Phi) is 69.7. The molecule has 0 rings (SSSR count). The predicted molar refractivity (Wildman–Crippen MR) is 417 cm³/mol. The molecule has 102 heavy (non-hydrogen) atoms. The number of phosphoric ester groups is 2. The van der Waals surface area contributed by atoms with Gasteiger partial charge in [0.2, 0.25) is 0 Å². The molecule has 0 heterocycles.